The maximum absolute atomic E-state index is 4.40. The molecule has 0 saturated carbocycles. The van der Waals surface area contributed by atoms with Crippen LogP contribution < -0.4 is 5.32 Å². The zero-order valence-electron chi connectivity index (χ0n) is 9.52. The molecule has 2 nitrogen and oxygen atoms in total. The number of benzene rings is 1. The minimum absolute atomic E-state index is 0.429. The number of para-hydroxylation sites is 1. The fraction of sp³-hybridized carbons (Fsp3) is 0.308. The van der Waals surface area contributed by atoms with E-state index in [1.165, 1.54) is 16.5 Å². The number of aliphatic imine (C=N–C) groups is 1. The van der Waals surface area contributed by atoms with Crippen LogP contribution in [0.1, 0.15) is 6.92 Å². The van der Waals surface area contributed by atoms with Crippen molar-refractivity contribution in [2.24, 2.45) is 4.99 Å². The Balaban J connectivity index is 2.00. The minimum Gasteiger partial charge on any atom is -0.341 e. The van der Waals surface area contributed by atoms with Gasteiger partial charge in [0.25, 0.3) is 0 Å². The van der Waals surface area contributed by atoms with Crippen LogP contribution in [0.4, 0.5) is 5.69 Å². The molecule has 0 amide bonds. The van der Waals surface area contributed by atoms with Crippen LogP contribution in [0.3, 0.4) is 0 Å². The quantitative estimate of drug-likeness (QED) is 0.629. The number of rotatable bonds is 3. The molecule has 1 aliphatic heterocycles. The van der Waals surface area contributed by atoms with Gasteiger partial charge < -0.3 is 5.32 Å². The van der Waals surface area contributed by atoms with Crippen molar-refractivity contribution in [2.75, 3.05) is 18.1 Å². The second-order valence-corrected chi connectivity index (χ2v) is 5.97. The molecule has 0 spiro atoms. The molecular weight excluding hydrogens is 216 g/mol. The monoisotopic (exact) mass is 233 g/mol. The van der Waals surface area contributed by atoms with Crippen molar-refractivity contribution in [3.05, 3.63) is 41.4 Å². The van der Waals surface area contributed by atoms with Crippen LogP contribution in [0.5, 0.6) is 0 Å². The summed E-state index contributed by atoms with van der Waals surface area (Å²) < 4.78 is 0. The average molecular weight is 233 g/mol. The summed E-state index contributed by atoms with van der Waals surface area (Å²) in [4.78, 5) is 4.40. The summed E-state index contributed by atoms with van der Waals surface area (Å²) in [6, 6.07) is 10.0. The van der Waals surface area contributed by atoms with Crippen molar-refractivity contribution in [3.8, 4) is 0 Å². The molecule has 3 heteroatoms. The molecule has 1 saturated heterocycles. The summed E-state index contributed by atoms with van der Waals surface area (Å²) in [5.74, 6) is 2.51. The lowest BCUT2D eigenvalue weighted by atomic mass is 10.3. The van der Waals surface area contributed by atoms with E-state index < -0.39 is 0 Å². The minimum atomic E-state index is 0.429. The Morgan fingerprint density at radius 2 is 2.19 bits per heavy atom. The molecule has 84 valence electrons. The zero-order valence-corrected chi connectivity index (χ0v) is 10.3. The predicted molar refractivity (Wildman–Crippen MR) is 73.5 cm³/mol. The Morgan fingerprint density at radius 1 is 1.38 bits per heavy atom. The lowest BCUT2D eigenvalue weighted by molar-refractivity contribution is 0.948. The van der Waals surface area contributed by atoms with Gasteiger partial charge in [-0.05, 0) is 19.1 Å². The highest BCUT2D eigenvalue weighted by molar-refractivity contribution is 8.00. The van der Waals surface area contributed by atoms with E-state index in [0.29, 0.717) is 10.9 Å². The van der Waals surface area contributed by atoms with Gasteiger partial charge in [0.2, 0.25) is 5.03 Å². The summed E-state index contributed by atoms with van der Waals surface area (Å²) in [7, 11) is 0.429. The van der Waals surface area contributed by atoms with Gasteiger partial charge in [-0.25, -0.2) is 0 Å². The van der Waals surface area contributed by atoms with Gasteiger partial charge >= 0.3 is 0 Å². The Bertz CT molecular complexity index is 384. The highest BCUT2D eigenvalue weighted by Crippen LogP contribution is 2.14. The Kier molecular flexibility index (Phi) is 4.05. The summed E-state index contributed by atoms with van der Waals surface area (Å²) in [5, 5.41) is 4.79. The van der Waals surface area contributed by atoms with Crippen molar-refractivity contribution in [3.63, 3.8) is 0 Å². The highest BCUT2D eigenvalue weighted by atomic mass is 32.2. The van der Waals surface area contributed by atoms with E-state index in [4.69, 9.17) is 0 Å². The van der Waals surface area contributed by atoms with E-state index in [1.807, 2.05) is 36.5 Å². The van der Waals surface area contributed by atoms with Gasteiger partial charge in [0, 0.05) is 23.2 Å². The molecule has 0 aromatic heterocycles. The summed E-state index contributed by atoms with van der Waals surface area (Å²) in [5.41, 5.74) is 1.01. The first-order chi connectivity index (χ1) is 7.90. The van der Waals surface area contributed by atoms with E-state index in [-0.39, 0.29) is 0 Å². The van der Waals surface area contributed by atoms with Gasteiger partial charge in [-0.15, -0.1) is 0 Å². The van der Waals surface area contributed by atoms with Crippen LogP contribution in [-0.2, 0) is 10.9 Å². The maximum atomic E-state index is 4.40. The standard InChI is InChI=1S/C13H17N2S/c1-2-16-11-10-15-13(16)8-9-14-12-6-4-3-5-7-12/h3-9,15H,2,10-11H2,1H3/q+1. The van der Waals surface area contributed by atoms with Crippen LogP contribution in [0.15, 0.2) is 46.4 Å². The third-order valence-corrected chi connectivity index (χ3v) is 4.81. The van der Waals surface area contributed by atoms with E-state index in [2.05, 4.69) is 23.3 Å². The molecule has 1 aliphatic rings. The first-order valence-corrected chi connectivity index (χ1v) is 7.17. The van der Waals surface area contributed by atoms with Crippen molar-refractivity contribution < 1.29 is 0 Å². The SMILES string of the molecule is CC[S+]1CCNC1=CC=Nc1ccccc1. The van der Waals surface area contributed by atoms with Crippen LogP contribution >= 0.6 is 0 Å². The highest BCUT2D eigenvalue weighted by Gasteiger charge is 2.27. The molecule has 1 atom stereocenters. The number of nitrogens with zero attached hydrogens (tertiary/aromatic N) is 1. The van der Waals surface area contributed by atoms with Crippen LogP contribution in [0.25, 0.3) is 0 Å². The number of hydrogen-bond donors (Lipinski definition) is 1. The van der Waals surface area contributed by atoms with Crippen LogP contribution in [0, 0.1) is 0 Å². The molecule has 1 heterocycles. The summed E-state index contributed by atoms with van der Waals surface area (Å²) in [6.45, 7) is 3.36. The van der Waals surface area contributed by atoms with Crippen molar-refractivity contribution in [1.82, 2.24) is 5.32 Å². The van der Waals surface area contributed by atoms with Crippen molar-refractivity contribution >= 4 is 22.8 Å². The predicted octanol–water partition coefficient (Wildman–Crippen LogP) is 2.47. The van der Waals surface area contributed by atoms with Gasteiger partial charge in [0.05, 0.1) is 12.2 Å². The third kappa shape index (κ3) is 2.89. The summed E-state index contributed by atoms with van der Waals surface area (Å²) >= 11 is 0. The Hall–Kier alpha value is -1.22. The van der Waals surface area contributed by atoms with E-state index in [9.17, 15) is 0 Å². The number of nitrogens with one attached hydrogen (secondary N) is 1. The average Bonchev–Trinajstić information content (AvgIpc) is 2.78. The van der Waals surface area contributed by atoms with Gasteiger partial charge in [-0.3, -0.25) is 4.99 Å². The van der Waals surface area contributed by atoms with Crippen LogP contribution in [-0.4, -0.2) is 24.3 Å². The fourth-order valence-corrected chi connectivity index (χ4v) is 3.40. The topological polar surface area (TPSA) is 24.4 Å². The second-order valence-electron chi connectivity index (χ2n) is 3.56. The number of hydrogen-bond acceptors (Lipinski definition) is 2. The van der Waals surface area contributed by atoms with Gasteiger partial charge in [-0.1, -0.05) is 18.2 Å². The molecule has 0 radical (unpaired) electrons. The maximum Gasteiger partial charge on any atom is 0.222 e. The smallest absolute Gasteiger partial charge is 0.222 e. The van der Waals surface area contributed by atoms with E-state index >= 15 is 0 Å². The molecule has 1 N–H and O–H groups in total. The second kappa shape index (κ2) is 5.75. The Labute approximate surface area is 99.8 Å². The first kappa shape index (κ1) is 11.3. The summed E-state index contributed by atoms with van der Waals surface area (Å²) in [6.07, 6.45) is 4.02. The van der Waals surface area contributed by atoms with Crippen molar-refractivity contribution in [2.45, 2.75) is 6.92 Å². The normalized spacial score (nSPS) is 22.8. The molecule has 0 bridgehead atoms. The molecule has 1 unspecified atom stereocenters. The molecule has 1 aromatic carbocycles. The van der Waals surface area contributed by atoms with Gasteiger partial charge in [0.15, 0.2) is 0 Å². The molecule has 1 aromatic rings. The van der Waals surface area contributed by atoms with Crippen LogP contribution in [0.2, 0.25) is 0 Å². The van der Waals surface area contributed by atoms with E-state index in [0.717, 1.165) is 12.2 Å². The Morgan fingerprint density at radius 3 is 2.94 bits per heavy atom. The first-order valence-electron chi connectivity index (χ1n) is 5.61. The van der Waals surface area contributed by atoms with Crippen molar-refractivity contribution in [1.29, 1.82) is 0 Å². The zero-order chi connectivity index (χ0) is 11.2. The van der Waals surface area contributed by atoms with Gasteiger partial charge in [-0.2, -0.15) is 0 Å². The van der Waals surface area contributed by atoms with Gasteiger partial charge in [0.1, 0.15) is 11.5 Å². The molecular formula is C13H17N2S+. The largest absolute Gasteiger partial charge is 0.341 e. The molecule has 1 fully saturated rings. The lowest BCUT2D eigenvalue weighted by Gasteiger charge is -1.95. The fourth-order valence-electron chi connectivity index (χ4n) is 1.67. The number of allylic oxidation sites excluding steroid dienone is 1. The lowest BCUT2D eigenvalue weighted by Crippen LogP contribution is -2.09. The third-order valence-electron chi connectivity index (χ3n) is 2.51. The molecule has 0 aliphatic carbocycles. The molecule has 2 rings (SSSR count). The van der Waals surface area contributed by atoms with E-state index in [1.54, 1.807) is 0 Å². The molecule has 16 heavy (non-hydrogen) atoms.